The van der Waals surface area contributed by atoms with Crippen LogP contribution in [0.4, 0.5) is 4.39 Å². The van der Waals surface area contributed by atoms with Crippen LogP contribution in [0.1, 0.15) is 94.5 Å². The molecule has 1 N–H and O–H groups in total. The molecule has 0 spiro atoms. The number of dihydropyridines is 1. The molecule has 5 unspecified atom stereocenters. The van der Waals surface area contributed by atoms with Crippen LogP contribution in [0, 0.1) is 17.3 Å². The van der Waals surface area contributed by atoms with Gasteiger partial charge >= 0.3 is 0 Å². The third-order valence-electron chi connectivity index (χ3n) is 10.6. The van der Waals surface area contributed by atoms with Crippen molar-refractivity contribution in [3.63, 3.8) is 0 Å². The smallest absolute Gasteiger partial charge is 0.261 e. The molecule has 2 aliphatic carbocycles. The van der Waals surface area contributed by atoms with Crippen molar-refractivity contribution in [2.45, 2.75) is 91.0 Å². The molecule has 5 atom stereocenters. The third-order valence-corrected chi connectivity index (χ3v) is 10.6. The zero-order chi connectivity index (χ0) is 37.5. The summed E-state index contributed by atoms with van der Waals surface area (Å²) in [6.45, 7) is 6.05. The van der Waals surface area contributed by atoms with Gasteiger partial charge in [0.1, 0.15) is 22.8 Å². The highest BCUT2D eigenvalue weighted by atomic mass is 19.1. The molecule has 0 saturated heterocycles. The van der Waals surface area contributed by atoms with Crippen LogP contribution in [0.15, 0.2) is 95.8 Å². The van der Waals surface area contributed by atoms with E-state index in [0.717, 1.165) is 18.6 Å². The van der Waals surface area contributed by atoms with Gasteiger partial charge in [-0.1, -0.05) is 57.3 Å². The van der Waals surface area contributed by atoms with E-state index in [1.165, 1.54) is 48.9 Å². The summed E-state index contributed by atoms with van der Waals surface area (Å²) in [7, 11) is 3.46. The Morgan fingerprint density at radius 1 is 1.17 bits per heavy atom. The number of rotatable bonds is 11. The zero-order valence-corrected chi connectivity index (χ0v) is 31.4. The number of hydrogen-bond acceptors (Lipinski definition) is 7. The van der Waals surface area contributed by atoms with E-state index in [1.807, 2.05) is 13.0 Å². The van der Waals surface area contributed by atoms with Crippen molar-refractivity contribution in [2.75, 3.05) is 14.1 Å². The van der Waals surface area contributed by atoms with Gasteiger partial charge < -0.3 is 19.7 Å². The number of benzene rings is 1. The fourth-order valence-electron chi connectivity index (χ4n) is 7.43. The lowest BCUT2D eigenvalue weighted by atomic mass is 9.69. The van der Waals surface area contributed by atoms with Crippen LogP contribution in [0.5, 0.6) is 11.5 Å². The normalized spacial score (nSPS) is 23.8. The maximum absolute atomic E-state index is 15.1. The van der Waals surface area contributed by atoms with E-state index >= 15 is 4.39 Å². The molecule has 3 heterocycles. The van der Waals surface area contributed by atoms with Gasteiger partial charge in [0.2, 0.25) is 5.91 Å². The Balaban J connectivity index is 1.36. The van der Waals surface area contributed by atoms with Crippen molar-refractivity contribution < 1.29 is 23.5 Å². The highest BCUT2D eigenvalue weighted by Gasteiger charge is 2.34. The molecule has 1 aliphatic heterocycles. The quantitative estimate of drug-likeness (QED) is 0.200. The number of alkyl halides is 1. The van der Waals surface area contributed by atoms with Crippen LogP contribution in [0.25, 0.3) is 5.65 Å². The van der Waals surface area contributed by atoms with Crippen molar-refractivity contribution in [1.82, 2.24) is 24.8 Å². The summed E-state index contributed by atoms with van der Waals surface area (Å²) in [5, 5.41) is 7.34. The molecular formula is C42H51FN6O4. The lowest BCUT2D eigenvalue weighted by Crippen LogP contribution is -2.34. The number of fused-ring (bicyclic) bond motifs is 2. The van der Waals surface area contributed by atoms with Gasteiger partial charge in [0.25, 0.3) is 12.3 Å². The molecule has 2 amide bonds. The first kappa shape index (κ1) is 37.7. The van der Waals surface area contributed by atoms with Gasteiger partial charge in [-0.3, -0.25) is 14.6 Å². The molecule has 0 bridgehead atoms. The van der Waals surface area contributed by atoms with Gasteiger partial charge in [0.05, 0.1) is 23.6 Å². The van der Waals surface area contributed by atoms with Crippen molar-refractivity contribution in [2.24, 2.45) is 22.2 Å². The van der Waals surface area contributed by atoms with Gasteiger partial charge in [-0.25, -0.2) is 9.50 Å². The molecular weight excluding hydrogens is 671 g/mol. The summed E-state index contributed by atoms with van der Waals surface area (Å²) in [6, 6.07) is 6.71. The summed E-state index contributed by atoms with van der Waals surface area (Å²) in [5.74, 6) is 1.31. The first-order valence-corrected chi connectivity index (χ1v) is 18.8. The molecule has 1 aromatic carbocycles. The Morgan fingerprint density at radius 2 is 1.98 bits per heavy atom. The molecule has 10 nitrogen and oxygen atoms in total. The fraction of sp³-hybridized carbons (Fsp3) is 0.452. The number of allylic oxidation sites excluding steroid dienone is 5. The van der Waals surface area contributed by atoms with Gasteiger partial charge in [0.15, 0.2) is 5.65 Å². The minimum Gasteiger partial charge on any atom is -0.458 e. The van der Waals surface area contributed by atoms with Crippen LogP contribution in [0.2, 0.25) is 0 Å². The SMILES string of the molecule is C/C=C/C(F)Oc1ccc(OC2=CC3CCCCCCCC3(C)C=C2)cc1C1=NC(C)C(CCC(=O)N(C)C)C=C1NC(=O)c1cnn2cccnc12. The maximum Gasteiger partial charge on any atom is 0.261 e. The first-order chi connectivity index (χ1) is 25.5. The Hall–Kier alpha value is -5.06. The summed E-state index contributed by atoms with van der Waals surface area (Å²) < 4.78 is 29.0. The highest BCUT2D eigenvalue weighted by Crippen LogP contribution is 2.44. The van der Waals surface area contributed by atoms with E-state index in [0.29, 0.717) is 47.1 Å². The number of aromatic nitrogens is 3. The minimum absolute atomic E-state index is 0.00300. The zero-order valence-electron chi connectivity index (χ0n) is 31.4. The van der Waals surface area contributed by atoms with Crippen molar-refractivity contribution >= 4 is 23.2 Å². The number of halogens is 1. The van der Waals surface area contributed by atoms with E-state index in [2.05, 4.69) is 40.6 Å². The monoisotopic (exact) mass is 722 g/mol. The third kappa shape index (κ3) is 8.95. The summed E-state index contributed by atoms with van der Waals surface area (Å²) >= 11 is 0. The second-order valence-electron chi connectivity index (χ2n) is 14.8. The molecule has 280 valence electrons. The predicted octanol–water partition coefficient (Wildman–Crippen LogP) is 8.17. The number of aliphatic imine (C=N–C) groups is 1. The second-order valence-corrected chi connectivity index (χ2v) is 14.8. The molecule has 1 fully saturated rings. The second kappa shape index (κ2) is 16.7. The Kier molecular flexibility index (Phi) is 11.9. The Bertz CT molecular complexity index is 1960. The van der Waals surface area contributed by atoms with Crippen LogP contribution in [-0.4, -0.2) is 63.5 Å². The van der Waals surface area contributed by atoms with Crippen molar-refractivity contribution in [3.8, 4) is 11.5 Å². The number of nitrogens with one attached hydrogen (secondary N) is 1. The summed E-state index contributed by atoms with van der Waals surface area (Å²) in [5.41, 5.74) is 2.06. The molecule has 1 saturated carbocycles. The number of hydrogen-bond donors (Lipinski definition) is 1. The highest BCUT2D eigenvalue weighted by molar-refractivity contribution is 6.17. The van der Waals surface area contributed by atoms with Gasteiger partial charge in [-0.2, -0.15) is 9.49 Å². The van der Waals surface area contributed by atoms with Crippen LogP contribution in [-0.2, 0) is 4.79 Å². The topological polar surface area (TPSA) is 110 Å². The average molecular weight is 723 g/mol. The van der Waals surface area contributed by atoms with Gasteiger partial charge in [-0.15, -0.1) is 0 Å². The number of carbonyl (C=O) groups excluding carboxylic acids is 2. The van der Waals surface area contributed by atoms with Crippen LogP contribution < -0.4 is 14.8 Å². The van der Waals surface area contributed by atoms with E-state index in [1.54, 1.807) is 68.7 Å². The summed E-state index contributed by atoms with van der Waals surface area (Å²) in [6.07, 6.45) is 23.9. The lowest BCUT2D eigenvalue weighted by Gasteiger charge is -2.36. The Labute approximate surface area is 311 Å². The minimum atomic E-state index is -1.71. The van der Waals surface area contributed by atoms with E-state index in [-0.39, 0.29) is 34.6 Å². The lowest BCUT2D eigenvalue weighted by molar-refractivity contribution is -0.128. The largest absolute Gasteiger partial charge is 0.458 e. The van der Waals surface area contributed by atoms with Gasteiger partial charge in [-0.05, 0) is 86.9 Å². The van der Waals surface area contributed by atoms with E-state index in [4.69, 9.17) is 14.5 Å². The molecule has 3 aliphatic rings. The maximum atomic E-state index is 15.1. The molecule has 11 heteroatoms. The van der Waals surface area contributed by atoms with Crippen LogP contribution >= 0.6 is 0 Å². The molecule has 3 aromatic rings. The number of nitrogens with zero attached hydrogens (tertiary/aromatic N) is 5. The molecule has 53 heavy (non-hydrogen) atoms. The summed E-state index contributed by atoms with van der Waals surface area (Å²) in [4.78, 5) is 37.5. The van der Waals surface area contributed by atoms with Crippen molar-refractivity contribution in [1.29, 1.82) is 0 Å². The predicted molar refractivity (Wildman–Crippen MR) is 205 cm³/mol. The van der Waals surface area contributed by atoms with Crippen molar-refractivity contribution in [3.05, 3.63) is 102 Å². The first-order valence-electron chi connectivity index (χ1n) is 18.8. The van der Waals surface area contributed by atoms with Crippen LogP contribution in [0.3, 0.4) is 0 Å². The standard InChI is InChI=1S/C42H51FN6O4/c1-6-13-37(43)53-36-17-16-31(52-32-19-21-42(3)20-11-9-7-8-10-14-30(42)25-32)26-33(36)39-35(24-29(28(2)46-39)15-18-38(50)48(4)5)47-41(51)34-27-45-49-23-12-22-44-40(34)49/h6,12-13,16-17,19,21-30,37H,7-11,14-15,18,20H2,1-5H3,(H,47,51)/b13-6+. The van der Waals surface area contributed by atoms with Gasteiger partial charge in [0, 0.05) is 44.4 Å². The number of carbonyl (C=O) groups is 2. The van der Waals surface area contributed by atoms with E-state index < -0.39 is 12.3 Å². The molecule has 6 rings (SSSR count). The average Bonchev–Trinajstić information content (AvgIpc) is 3.60. The molecule has 0 radical (unpaired) electrons. The van der Waals surface area contributed by atoms with E-state index in [9.17, 15) is 9.59 Å². The Morgan fingerprint density at radius 3 is 2.79 bits per heavy atom. The fourth-order valence-corrected chi connectivity index (χ4v) is 7.43. The number of ether oxygens (including phenoxy) is 2. The number of amides is 2. The molecule has 2 aromatic heterocycles.